The zero-order chi connectivity index (χ0) is 49.5. The number of unbranched alkanes of at least 4 members (excludes halogenated alkanes) is 20. The number of ether oxygens (including phenoxy) is 1. The molecule has 0 heterocycles. The van der Waals surface area contributed by atoms with E-state index in [4.69, 9.17) is 4.74 Å². The Morgan fingerprint density at radius 1 is 0.456 bits per heavy atom. The maximum Gasteiger partial charge on any atom is 0.306 e. The summed E-state index contributed by atoms with van der Waals surface area (Å²) < 4.78 is 5.90. The fourth-order valence-electron chi connectivity index (χ4n) is 7.73. The second-order valence-corrected chi connectivity index (χ2v) is 18.4. The van der Waals surface area contributed by atoms with Crippen molar-refractivity contribution in [1.82, 2.24) is 5.32 Å². The van der Waals surface area contributed by atoms with Crippen LogP contribution in [-0.4, -0.2) is 46.9 Å². The fraction of sp³-hybridized carbons (Fsp3) is 0.645. The van der Waals surface area contributed by atoms with Crippen molar-refractivity contribution in [3.05, 3.63) is 122 Å². The first-order valence-electron chi connectivity index (χ1n) is 27.8. The van der Waals surface area contributed by atoms with Gasteiger partial charge >= 0.3 is 5.97 Å². The molecule has 0 aromatic heterocycles. The zero-order valence-electron chi connectivity index (χ0n) is 43.9. The Kier molecular flexibility index (Phi) is 51.2. The van der Waals surface area contributed by atoms with Gasteiger partial charge in [-0.3, -0.25) is 9.59 Å². The van der Waals surface area contributed by atoms with Crippen LogP contribution in [0.25, 0.3) is 0 Å². The van der Waals surface area contributed by atoms with Gasteiger partial charge in [-0.25, -0.2) is 0 Å². The maximum atomic E-state index is 13.3. The third-order valence-electron chi connectivity index (χ3n) is 11.9. The van der Waals surface area contributed by atoms with Crippen molar-refractivity contribution in [3.63, 3.8) is 0 Å². The van der Waals surface area contributed by atoms with Crippen molar-refractivity contribution in [2.75, 3.05) is 6.61 Å². The molecule has 0 saturated heterocycles. The van der Waals surface area contributed by atoms with Gasteiger partial charge in [0.05, 0.1) is 25.2 Å². The zero-order valence-corrected chi connectivity index (χ0v) is 43.9. The van der Waals surface area contributed by atoms with E-state index in [9.17, 15) is 19.8 Å². The number of carbonyl (C=O) groups is 2. The Bertz CT molecular complexity index is 1430. The van der Waals surface area contributed by atoms with Crippen LogP contribution in [0.3, 0.4) is 0 Å². The molecule has 386 valence electrons. The largest absolute Gasteiger partial charge is 0.462 e. The highest BCUT2D eigenvalue weighted by Crippen LogP contribution is 2.17. The summed E-state index contributed by atoms with van der Waals surface area (Å²) in [7, 11) is 0. The molecule has 0 aliphatic carbocycles. The Morgan fingerprint density at radius 2 is 0.882 bits per heavy atom. The van der Waals surface area contributed by atoms with E-state index in [1.807, 2.05) is 36.5 Å². The summed E-state index contributed by atoms with van der Waals surface area (Å²) in [6.07, 6.45) is 75.4. The topological polar surface area (TPSA) is 95.9 Å². The predicted octanol–water partition coefficient (Wildman–Crippen LogP) is 17.2. The molecule has 3 atom stereocenters. The van der Waals surface area contributed by atoms with Crippen LogP contribution in [0.1, 0.15) is 233 Å². The normalized spacial score (nSPS) is 14.1. The molecule has 6 heteroatoms. The molecule has 0 aliphatic rings. The highest BCUT2D eigenvalue weighted by Gasteiger charge is 2.24. The predicted molar refractivity (Wildman–Crippen MR) is 296 cm³/mol. The molecule has 0 fully saturated rings. The lowest BCUT2D eigenvalue weighted by molar-refractivity contribution is -0.151. The summed E-state index contributed by atoms with van der Waals surface area (Å²) in [6, 6.07) is -0.737. The number of carbonyl (C=O) groups excluding carboxylic acids is 2. The van der Waals surface area contributed by atoms with Crippen molar-refractivity contribution >= 4 is 11.9 Å². The molecule has 0 aromatic rings. The number of aliphatic hydroxyl groups is 2. The number of aliphatic hydroxyl groups excluding tert-OH is 2. The monoisotopic (exact) mass is 942 g/mol. The van der Waals surface area contributed by atoms with Gasteiger partial charge in [0.1, 0.15) is 6.10 Å². The van der Waals surface area contributed by atoms with E-state index in [0.29, 0.717) is 25.7 Å². The lowest BCUT2D eigenvalue weighted by atomic mass is 10.0. The number of hydrogen-bond acceptors (Lipinski definition) is 5. The van der Waals surface area contributed by atoms with Crippen LogP contribution < -0.4 is 5.32 Å². The van der Waals surface area contributed by atoms with Crippen LogP contribution in [-0.2, 0) is 14.3 Å². The van der Waals surface area contributed by atoms with Crippen LogP contribution in [0, 0.1) is 0 Å². The third-order valence-corrected chi connectivity index (χ3v) is 11.9. The first-order chi connectivity index (χ1) is 33.5. The van der Waals surface area contributed by atoms with Gasteiger partial charge in [0.25, 0.3) is 0 Å². The van der Waals surface area contributed by atoms with Gasteiger partial charge in [0.15, 0.2) is 0 Å². The number of hydrogen-bond donors (Lipinski definition) is 3. The van der Waals surface area contributed by atoms with E-state index in [2.05, 4.69) is 111 Å². The Hall–Kier alpha value is -3.74. The summed E-state index contributed by atoms with van der Waals surface area (Å²) in [4.78, 5) is 26.2. The van der Waals surface area contributed by atoms with Gasteiger partial charge in [-0.2, -0.15) is 0 Å². The van der Waals surface area contributed by atoms with Crippen LogP contribution in [0.5, 0.6) is 0 Å². The van der Waals surface area contributed by atoms with Crippen molar-refractivity contribution in [3.8, 4) is 0 Å². The van der Waals surface area contributed by atoms with Crippen molar-refractivity contribution in [2.24, 2.45) is 0 Å². The van der Waals surface area contributed by atoms with Gasteiger partial charge in [-0.05, 0) is 83.5 Å². The minimum Gasteiger partial charge on any atom is -0.462 e. The number of rotatable bonds is 48. The van der Waals surface area contributed by atoms with Crippen molar-refractivity contribution in [1.29, 1.82) is 0 Å². The average molecular weight is 943 g/mol. The Morgan fingerprint density at radius 3 is 1.38 bits per heavy atom. The maximum absolute atomic E-state index is 13.3. The molecule has 0 bridgehead atoms. The molecule has 0 saturated carbocycles. The molecule has 3 N–H and O–H groups in total. The molecule has 3 unspecified atom stereocenters. The quantitative estimate of drug-likeness (QED) is 0.0244. The molecule has 0 rings (SSSR count). The fourth-order valence-corrected chi connectivity index (χ4v) is 7.73. The van der Waals surface area contributed by atoms with Crippen LogP contribution in [0.4, 0.5) is 0 Å². The highest BCUT2D eigenvalue weighted by atomic mass is 16.5. The second kappa shape index (κ2) is 54.2. The number of esters is 1. The van der Waals surface area contributed by atoms with E-state index >= 15 is 0 Å². The molecule has 68 heavy (non-hydrogen) atoms. The van der Waals surface area contributed by atoms with E-state index in [-0.39, 0.29) is 24.9 Å². The highest BCUT2D eigenvalue weighted by molar-refractivity contribution is 5.77. The number of nitrogens with one attached hydrogen (secondary N) is 1. The standard InChI is InChI=1S/C62H103NO5/c1-4-7-10-13-16-19-22-25-28-31-34-37-40-43-46-49-52-55-62(67)68-58(53-50-47-44-41-38-35-32-29-26-23-20-17-14-11-8-5-2)56-61(66)63-59(57-64)60(65)54-51-48-45-42-39-36-33-30-27-24-21-18-15-12-9-6-3/h7,10-11,14,16-17,19-20,23,25-26,28-29,32,34-35,37-38,43,46,58-60,64-65H,4-6,8-9,12-13,15,18,21-22,24,27,30-31,33,36,39-42,44-45,47-57H2,1-3H3,(H,63,66)/b10-7-,14-11+,19-16-,20-17+,26-23+,28-25-,32-29+,37-34-,38-35+,46-43-. The molecular formula is C62H103NO5. The molecule has 1 amide bonds. The first kappa shape index (κ1) is 64.3. The molecular weight excluding hydrogens is 839 g/mol. The van der Waals surface area contributed by atoms with Gasteiger partial charge in [-0.15, -0.1) is 0 Å². The van der Waals surface area contributed by atoms with Crippen molar-refractivity contribution < 1.29 is 24.5 Å². The van der Waals surface area contributed by atoms with Gasteiger partial charge in [0.2, 0.25) is 5.91 Å². The molecule has 0 radical (unpaired) electrons. The van der Waals surface area contributed by atoms with Crippen LogP contribution in [0.15, 0.2) is 122 Å². The number of amides is 1. The molecule has 0 aliphatic heterocycles. The summed E-state index contributed by atoms with van der Waals surface area (Å²) in [5.41, 5.74) is 0. The minimum atomic E-state index is -0.818. The summed E-state index contributed by atoms with van der Waals surface area (Å²) in [5, 5.41) is 23.8. The first-order valence-corrected chi connectivity index (χ1v) is 27.8. The average Bonchev–Trinajstić information content (AvgIpc) is 3.33. The minimum absolute atomic E-state index is 0.0191. The Labute approximate surface area is 419 Å². The summed E-state index contributed by atoms with van der Waals surface area (Å²) >= 11 is 0. The Balaban J connectivity index is 4.76. The number of allylic oxidation sites excluding steroid dienone is 20. The molecule has 6 nitrogen and oxygen atoms in total. The van der Waals surface area contributed by atoms with E-state index in [0.717, 1.165) is 96.3 Å². The van der Waals surface area contributed by atoms with Crippen LogP contribution in [0.2, 0.25) is 0 Å². The van der Waals surface area contributed by atoms with E-state index in [1.165, 1.54) is 83.5 Å². The van der Waals surface area contributed by atoms with Crippen molar-refractivity contribution in [2.45, 2.75) is 251 Å². The summed E-state index contributed by atoms with van der Waals surface area (Å²) in [5.74, 6) is -0.594. The SMILES string of the molecule is CC/C=C\C/C=C\C/C=C\C/C=C\C/C=C\CCCC(=O)OC(CCCCC/C=C/C=C/C=C/C=C/C=C/CCC)CC(=O)NC(CO)C(O)CCCCCCCCCCCCCCCCCC. The van der Waals surface area contributed by atoms with Crippen LogP contribution >= 0.6 is 0 Å². The third kappa shape index (κ3) is 48.7. The summed E-state index contributed by atoms with van der Waals surface area (Å²) in [6.45, 7) is 6.26. The van der Waals surface area contributed by atoms with E-state index < -0.39 is 18.2 Å². The second-order valence-electron chi connectivity index (χ2n) is 18.4. The smallest absolute Gasteiger partial charge is 0.306 e. The lowest BCUT2D eigenvalue weighted by Crippen LogP contribution is -2.46. The van der Waals surface area contributed by atoms with Gasteiger partial charge in [0, 0.05) is 6.42 Å². The van der Waals surface area contributed by atoms with Gasteiger partial charge < -0.3 is 20.3 Å². The van der Waals surface area contributed by atoms with Gasteiger partial charge in [-0.1, -0.05) is 258 Å². The molecule has 0 aromatic carbocycles. The lowest BCUT2D eigenvalue weighted by Gasteiger charge is -2.24. The molecule has 0 spiro atoms. The van der Waals surface area contributed by atoms with E-state index in [1.54, 1.807) is 0 Å².